The third-order valence-electron chi connectivity index (χ3n) is 4.74. The molecule has 0 radical (unpaired) electrons. The van der Waals surface area contributed by atoms with Gasteiger partial charge in [0.25, 0.3) is 0 Å². The van der Waals surface area contributed by atoms with E-state index in [9.17, 15) is 22.2 Å². The van der Waals surface area contributed by atoms with Crippen molar-refractivity contribution in [3.05, 3.63) is 54.1 Å². The molecule has 3 aromatic rings. The molecule has 3 rings (SSSR count). The molecule has 0 bridgehead atoms. The molecule has 0 N–H and O–H groups in total. The fraction of sp³-hybridized carbons (Fsp3) is 0.348. The second-order valence-corrected chi connectivity index (χ2v) is 11.8. The lowest BCUT2D eigenvalue weighted by atomic mass is 10.1. The minimum atomic E-state index is -4.38. The first kappa shape index (κ1) is 24.3. The van der Waals surface area contributed by atoms with Gasteiger partial charge in [-0.05, 0) is 51.1 Å². The quantitative estimate of drug-likeness (QED) is 0.291. The number of hydrogen-bond acceptors (Lipinski definition) is 4. The number of rotatable bonds is 8. The van der Waals surface area contributed by atoms with Crippen LogP contribution >= 0.6 is 11.3 Å². The predicted octanol–water partition coefficient (Wildman–Crippen LogP) is 6.03. The lowest BCUT2D eigenvalue weighted by Gasteiger charge is -2.07. The third-order valence-corrected chi connectivity index (χ3v) is 7.12. The van der Waals surface area contributed by atoms with Gasteiger partial charge in [0.15, 0.2) is 5.78 Å². The summed E-state index contributed by atoms with van der Waals surface area (Å²) >= 11 is 1.46. The first-order chi connectivity index (χ1) is 14.8. The minimum absolute atomic E-state index is 0.0460. The van der Waals surface area contributed by atoms with Gasteiger partial charge >= 0.3 is 6.18 Å². The number of benzene rings is 1. The summed E-state index contributed by atoms with van der Waals surface area (Å²) < 4.78 is 51.6. The second kappa shape index (κ2) is 9.23. The van der Waals surface area contributed by atoms with Crippen molar-refractivity contribution in [3.8, 4) is 15.4 Å². The number of hydrogen-bond donors (Lipinski definition) is 0. The maximum Gasteiger partial charge on any atom is 0.389 e. The Morgan fingerprint density at radius 1 is 1.25 bits per heavy atom. The van der Waals surface area contributed by atoms with Crippen LogP contribution in [0.1, 0.15) is 43.0 Å². The van der Waals surface area contributed by atoms with Gasteiger partial charge in [-0.25, -0.2) is 4.98 Å². The summed E-state index contributed by atoms with van der Waals surface area (Å²) in [4.78, 5) is 18.3. The standard InChI is InChI=1S/C23H25F3N2O2S2/c1-15(2)12-21-27-18(19(29)10-11-23(24,25)26)14-28(21)22-9-8-20(31-22)16-6-5-7-17(13-16)32(3,4)30/h5-9,13-15H,3,10-12H2,1-2,4H3. The fourth-order valence-electron chi connectivity index (χ4n) is 3.17. The van der Waals surface area contributed by atoms with Crippen LogP contribution < -0.4 is 0 Å². The SMILES string of the molecule is C=S(C)(=O)c1cccc(-c2ccc(-n3cc(C(=O)CCC(F)(F)F)nc3CC(C)C)s2)c1. The second-order valence-electron chi connectivity index (χ2n) is 8.22. The van der Waals surface area contributed by atoms with E-state index in [4.69, 9.17) is 0 Å². The van der Waals surface area contributed by atoms with E-state index in [1.54, 1.807) is 16.9 Å². The number of carbonyl (C=O) groups excluding carboxylic acids is 1. The first-order valence-corrected chi connectivity index (χ1v) is 13.0. The smallest absolute Gasteiger partial charge is 0.294 e. The Kier molecular flexibility index (Phi) is 7.00. The van der Waals surface area contributed by atoms with Crippen molar-refractivity contribution in [2.24, 2.45) is 5.92 Å². The molecule has 0 spiro atoms. The molecule has 0 amide bonds. The Morgan fingerprint density at radius 3 is 2.59 bits per heavy atom. The first-order valence-electron chi connectivity index (χ1n) is 10.0. The van der Waals surface area contributed by atoms with Gasteiger partial charge in [-0.1, -0.05) is 26.0 Å². The van der Waals surface area contributed by atoms with Crippen LogP contribution in [-0.4, -0.2) is 37.8 Å². The molecule has 0 aliphatic rings. The van der Waals surface area contributed by atoms with Gasteiger partial charge in [-0.3, -0.25) is 13.6 Å². The van der Waals surface area contributed by atoms with Crippen LogP contribution in [0.3, 0.4) is 0 Å². The molecule has 172 valence electrons. The molecule has 2 heterocycles. The maximum absolute atomic E-state index is 12.5. The predicted molar refractivity (Wildman–Crippen MR) is 124 cm³/mol. The molecule has 1 atom stereocenters. The van der Waals surface area contributed by atoms with E-state index < -0.39 is 34.3 Å². The molecule has 0 fully saturated rings. The van der Waals surface area contributed by atoms with Crippen LogP contribution in [0.15, 0.2) is 47.5 Å². The lowest BCUT2D eigenvalue weighted by molar-refractivity contribution is -0.133. The van der Waals surface area contributed by atoms with Gasteiger partial charge in [0.2, 0.25) is 0 Å². The summed E-state index contributed by atoms with van der Waals surface area (Å²) in [6.07, 6.45) is -2.47. The van der Waals surface area contributed by atoms with E-state index in [2.05, 4.69) is 10.9 Å². The van der Waals surface area contributed by atoms with E-state index in [-0.39, 0.29) is 11.6 Å². The van der Waals surface area contributed by atoms with Gasteiger partial charge in [0.05, 0.1) is 6.42 Å². The topological polar surface area (TPSA) is 52.0 Å². The Balaban J connectivity index is 1.95. The van der Waals surface area contributed by atoms with Gasteiger partial charge in [-0.15, -0.1) is 11.3 Å². The molecular formula is C23H25F3N2O2S2. The summed E-state index contributed by atoms with van der Waals surface area (Å²) in [6.45, 7) is 4.02. The molecular weight excluding hydrogens is 457 g/mol. The molecule has 1 aromatic carbocycles. The average molecular weight is 483 g/mol. The molecule has 0 aliphatic heterocycles. The van der Waals surface area contributed by atoms with E-state index in [0.29, 0.717) is 17.1 Å². The Morgan fingerprint density at radius 2 is 1.97 bits per heavy atom. The molecule has 1 unspecified atom stereocenters. The van der Waals surface area contributed by atoms with E-state index in [1.165, 1.54) is 17.5 Å². The Hall–Kier alpha value is -2.39. The molecule has 2 aromatic heterocycles. The third kappa shape index (κ3) is 6.10. The summed E-state index contributed by atoms with van der Waals surface area (Å²) in [5, 5.41) is 0.801. The van der Waals surface area contributed by atoms with E-state index in [1.807, 2.05) is 44.2 Å². The van der Waals surface area contributed by atoms with Crippen LogP contribution in [0.4, 0.5) is 13.2 Å². The van der Waals surface area contributed by atoms with Gasteiger partial charge in [-0.2, -0.15) is 13.2 Å². The minimum Gasteiger partial charge on any atom is -0.294 e. The normalized spacial score (nSPS) is 14.0. The van der Waals surface area contributed by atoms with Crippen molar-refractivity contribution in [2.75, 3.05) is 6.26 Å². The number of alkyl halides is 3. The number of imidazole rings is 1. The van der Waals surface area contributed by atoms with Crippen molar-refractivity contribution in [1.29, 1.82) is 0 Å². The van der Waals surface area contributed by atoms with E-state index in [0.717, 1.165) is 15.4 Å². The number of ketones is 1. The lowest BCUT2D eigenvalue weighted by Crippen LogP contribution is -2.11. The van der Waals surface area contributed by atoms with Crippen molar-refractivity contribution in [3.63, 3.8) is 0 Å². The van der Waals surface area contributed by atoms with Gasteiger partial charge in [0, 0.05) is 35.1 Å². The van der Waals surface area contributed by atoms with Gasteiger partial charge in [0.1, 0.15) is 16.5 Å². The zero-order chi connectivity index (χ0) is 23.7. The number of Topliss-reactive ketones (excluding diaryl/α,β-unsaturated/α-hetero) is 1. The van der Waals surface area contributed by atoms with Crippen LogP contribution in [0.25, 0.3) is 15.4 Å². The highest BCUT2D eigenvalue weighted by Gasteiger charge is 2.29. The van der Waals surface area contributed by atoms with Crippen LogP contribution in [0.2, 0.25) is 0 Å². The number of carbonyl (C=O) groups is 1. The summed E-state index contributed by atoms with van der Waals surface area (Å²) in [6, 6.07) is 11.2. The molecule has 0 saturated heterocycles. The zero-order valence-corrected chi connectivity index (χ0v) is 19.7. The van der Waals surface area contributed by atoms with Crippen molar-refractivity contribution in [2.45, 2.75) is 44.2 Å². The number of nitrogens with zero attached hydrogens (tertiary/aromatic N) is 2. The summed E-state index contributed by atoms with van der Waals surface area (Å²) in [5.41, 5.74) is 0.939. The summed E-state index contributed by atoms with van der Waals surface area (Å²) in [5.74, 6) is 3.99. The fourth-order valence-corrected chi connectivity index (χ4v) is 4.91. The zero-order valence-electron chi connectivity index (χ0n) is 18.1. The van der Waals surface area contributed by atoms with Gasteiger partial charge < -0.3 is 0 Å². The number of halogens is 3. The molecule has 9 heteroatoms. The summed E-state index contributed by atoms with van der Waals surface area (Å²) in [7, 11) is -2.35. The highest BCUT2D eigenvalue weighted by atomic mass is 32.2. The molecule has 32 heavy (non-hydrogen) atoms. The average Bonchev–Trinajstić information content (AvgIpc) is 3.32. The van der Waals surface area contributed by atoms with Crippen molar-refractivity contribution >= 4 is 32.5 Å². The van der Waals surface area contributed by atoms with Crippen molar-refractivity contribution in [1.82, 2.24) is 9.55 Å². The van der Waals surface area contributed by atoms with Crippen molar-refractivity contribution < 1.29 is 22.2 Å². The number of thiophene rings is 1. The highest BCUT2D eigenvalue weighted by molar-refractivity contribution is 7.99. The van der Waals surface area contributed by atoms with Crippen LogP contribution in [0.5, 0.6) is 0 Å². The monoisotopic (exact) mass is 482 g/mol. The number of aromatic nitrogens is 2. The largest absolute Gasteiger partial charge is 0.389 e. The Labute approximate surface area is 190 Å². The van der Waals surface area contributed by atoms with Crippen LogP contribution in [-0.2, 0) is 15.9 Å². The Bertz CT molecular complexity index is 1220. The molecule has 0 aliphatic carbocycles. The molecule has 0 saturated carbocycles. The van der Waals surface area contributed by atoms with E-state index >= 15 is 0 Å². The van der Waals surface area contributed by atoms with Crippen LogP contribution in [0, 0.1) is 5.92 Å². The highest BCUT2D eigenvalue weighted by Crippen LogP contribution is 2.33. The maximum atomic E-state index is 12.5. The molecule has 4 nitrogen and oxygen atoms in total.